The number of imidazole rings is 1. The molecule has 1 aromatic heterocycles. The molecule has 0 atom stereocenters. The van der Waals surface area contributed by atoms with Gasteiger partial charge in [-0.25, -0.2) is 19.4 Å². The van der Waals surface area contributed by atoms with E-state index in [0.29, 0.717) is 16.9 Å². The van der Waals surface area contributed by atoms with Crippen LogP contribution in [-0.2, 0) is 34.2 Å². The highest BCUT2D eigenvalue weighted by Gasteiger charge is 2.36. The second-order valence-electron chi connectivity index (χ2n) is 14.0. The molecule has 17 heteroatoms. The lowest BCUT2D eigenvalue weighted by atomic mass is 9.89. The number of H-pyrrole nitrogens is 1. The quantitative estimate of drug-likeness (QED) is 0.0313. The van der Waals surface area contributed by atoms with Crippen molar-refractivity contribution in [3.8, 4) is 0 Å². The highest BCUT2D eigenvalue weighted by atomic mass is 35.5. The third kappa shape index (κ3) is 14.4. The average Bonchev–Trinajstić information content (AvgIpc) is 3.98. The number of nitrogens with two attached hydrogens (primary N) is 3. The van der Waals surface area contributed by atoms with Crippen LogP contribution < -0.4 is 17.2 Å². The van der Waals surface area contributed by atoms with E-state index < -0.39 is 22.8 Å². The van der Waals surface area contributed by atoms with Crippen LogP contribution in [0.4, 0.5) is 17.1 Å². The topological polar surface area (TPSA) is 277 Å². The van der Waals surface area contributed by atoms with Crippen molar-refractivity contribution in [2.75, 3.05) is 25.7 Å². The summed E-state index contributed by atoms with van der Waals surface area (Å²) in [5, 5.41) is 27.5. The van der Waals surface area contributed by atoms with Crippen molar-refractivity contribution in [3.05, 3.63) is 110 Å². The summed E-state index contributed by atoms with van der Waals surface area (Å²) in [4.78, 5) is 60.5. The monoisotopic (exact) mass is 832 g/mol. The smallest absolute Gasteiger partial charge is 0.330 e. The van der Waals surface area contributed by atoms with Crippen molar-refractivity contribution < 1.29 is 43.8 Å². The Morgan fingerprint density at radius 3 is 1.81 bits per heavy atom. The number of halogens is 1. The van der Waals surface area contributed by atoms with Crippen molar-refractivity contribution in [3.63, 3.8) is 0 Å². The first-order valence-corrected chi connectivity index (χ1v) is 18.8. The number of benzene rings is 3. The predicted octanol–water partition coefficient (Wildman–Crippen LogP) is 7.51. The van der Waals surface area contributed by atoms with E-state index in [1.54, 1.807) is 30.4 Å². The first-order valence-electron chi connectivity index (χ1n) is 18.4. The number of aromatic amines is 1. The van der Waals surface area contributed by atoms with Crippen LogP contribution in [0.25, 0.3) is 29.3 Å². The molecule has 59 heavy (non-hydrogen) atoms. The van der Waals surface area contributed by atoms with E-state index in [1.165, 1.54) is 50.6 Å². The normalized spacial score (nSPS) is 15.1. The molecule has 1 heterocycles. The number of esters is 2. The molecular formula is C42H49ClN6O10. The summed E-state index contributed by atoms with van der Waals surface area (Å²) in [5.74, 6) is -1.65. The van der Waals surface area contributed by atoms with Crippen LogP contribution in [0.2, 0.25) is 5.02 Å². The van der Waals surface area contributed by atoms with E-state index in [2.05, 4.69) is 19.4 Å². The molecule has 9 N–H and O–H groups in total. The number of carbonyl (C=O) groups is 4. The number of nitrogens with one attached hydrogen (secondary N) is 1. The number of anilines is 2. The van der Waals surface area contributed by atoms with Crippen LogP contribution in [0.5, 0.6) is 0 Å². The molecule has 4 aromatic rings. The number of carbonyl (C=O) groups excluding carboxylic acids is 2. The Hall–Kier alpha value is -6.52. The van der Waals surface area contributed by atoms with Gasteiger partial charge in [0.25, 0.3) is 5.69 Å². The number of carboxylic acid groups (broad SMARTS) is 2. The lowest BCUT2D eigenvalue weighted by Gasteiger charge is -2.19. The van der Waals surface area contributed by atoms with Crippen molar-refractivity contribution in [1.29, 1.82) is 0 Å². The van der Waals surface area contributed by atoms with Crippen molar-refractivity contribution in [2.45, 2.75) is 63.8 Å². The number of ether oxygens (including phenoxy) is 2. The predicted molar refractivity (Wildman–Crippen MR) is 227 cm³/mol. The van der Waals surface area contributed by atoms with Gasteiger partial charge in [-0.3, -0.25) is 14.9 Å². The zero-order valence-electron chi connectivity index (χ0n) is 33.0. The molecule has 2 fully saturated rings. The summed E-state index contributed by atoms with van der Waals surface area (Å²) in [7, 11) is 2.68. The summed E-state index contributed by atoms with van der Waals surface area (Å²) in [5.41, 5.74) is 21.6. The van der Waals surface area contributed by atoms with Crippen LogP contribution in [0.3, 0.4) is 0 Å². The summed E-state index contributed by atoms with van der Waals surface area (Å²) in [6, 6.07) is 15.0. The van der Waals surface area contributed by atoms with Gasteiger partial charge in [0.05, 0.1) is 52.5 Å². The van der Waals surface area contributed by atoms with Gasteiger partial charge in [0, 0.05) is 24.3 Å². The molecule has 0 unspecified atom stereocenters. The van der Waals surface area contributed by atoms with Gasteiger partial charge in [0.1, 0.15) is 10.8 Å². The summed E-state index contributed by atoms with van der Waals surface area (Å²) in [6.45, 7) is 1.84. The Bertz CT molecular complexity index is 2220. The van der Waals surface area contributed by atoms with Crippen LogP contribution in [0, 0.1) is 15.5 Å². The third-order valence-electron chi connectivity index (χ3n) is 9.62. The molecule has 6 rings (SSSR count). The Kier molecular flexibility index (Phi) is 17.4. The second kappa shape index (κ2) is 21.9. The molecule has 3 aromatic carbocycles. The van der Waals surface area contributed by atoms with Crippen LogP contribution in [0.1, 0.15) is 80.8 Å². The van der Waals surface area contributed by atoms with Gasteiger partial charge in [0.15, 0.2) is 0 Å². The minimum absolute atomic E-state index is 0.0208. The first kappa shape index (κ1) is 46.9. The van der Waals surface area contributed by atoms with Gasteiger partial charge in [-0.1, -0.05) is 55.5 Å². The minimum Gasteiger partial charge on any atom is -0.481 e. The number of aliphatic carboxylic acids is 2. The fourth-order valence-electron chi connectivity index (χ4n) is 6.08. The number of rotatable bonds is 9. The lowest BCUT2D eigenvalue weighted by Crippen LogP contribution is -2.34. The van der Waals surface area contributed by atoms with Crippen molar-refractivity contribution in [1.82, 2.24) is 9.97 Å². The van der Waals surface area contributed by atoms with Gasteiger partial charge in [-0.2, -0.15) is 0 Å². The van der Waals surface area contributed by atoms with E-state index in [1.807, 2.05) is 25.1 Å². The maximum atomic E-state index is 11.1. The molecule has 2 saturated carbocycles. The molecule has 2 aliphatic carbocycles. The standard InChI is InChI=1S/C16H19N3O2.C10H12N2O2.C9H6ClNO4.C7H12O2/c1-21-14(20)7-5-11-4-6-12-13(10-11)19-15(18-12)16(17)8-2-3-9-16;1-14-10(13)5-3-7-2-4-8(11)9(12)6-7;10-7-3-1-6(2-4-9(12)13)5-8(7)11(14)15;1-7(6(8)9)4-2-3-5-7/h4-7,10H,2-3,8-9,17H2,1H3,(H,18,19);2-6H,11-12H2,1H3;1-5H,(H,12,13);2-5H2,1H3,(H,8,9)/b7-5+;5-3+;4-2+;. The Balaban J connectivity index is 0.000000219. The van der Waals surface area contributed by atoms with Gasteiger partial charge < -0.3 is 41.9 Å². The van der Waals surface area contributed by atoms with E-state index in [0.717, 1.165) is 85.4 Å². The van der Waals surface area contributed by atoms with E-state index in [-0.39, 0.29) is 27.6 Å². The summed E-state index contributed by atoms with van der Waals surface area (Å²) in [6.07, 6.45) is 16.4. The zero-order chi connectivity index (χ0) is 43.8. The number of carboxylic acids is 2. The molecule has 0 amide bonds. The van der Waals surface area contributed by atoms with Gasteiger partial charge >= 0.3 is 23.9 Å². The molecule has 314 valence electrons. The highest BCUT2D eigenvalue weighted by molar-refractivity contribution is 6.32. The Labute approximate surface area is 345 Å². The Morgan fingerprint density at radius 1 is 0.797 bits per heavy atom. The number of nitro benzene ring substituents is 1. The molecular weight excluding hydrogens is 784 g/mol. The van der Waals surface area contributed by atoms with Crippen LogP contribution >= 0.6 is 11.6 Å². The number of aromatic nitrogens is 2. The fourth-order valence-corrected chi connectivity index (χ4v) is 6.27. The molecule has 2 aliphatic rings. The van der Waals surface area contributed by atoms with Crippen LogP contribution in [-0.4, -0.2) is 63.2 Å². The molecule has 0 radical (unpaired) electrons. The molecule has 0 spiro atoms. The van der Waals surface area contributed by atoms with Crippen molar-refractivity contribution >= 4 is 81.8 Å². The second-order valence-corrected chi connectivity index (χ2v) is 14.4. The molecule has 16 nitrogen and oxygen atoms in total. The van der Waals surface area contributed by atoms with Crippen molar-refractivity contribution in [2.24, 2.45) is 11.1 Å². The van der Waals surface area contributed by atoms with Crippen LogP contribution in [0.15, 0.2) is 72.8 Å². The fraction of sp³-hybridized carbons (Fsp3) is 0.310. The van der Waals surface area contributed by atoms with Gasteiger partial charge in [-0.05, 0) is 97.9 Å². The largest absolute Gasteiger partial charge is 0.481 e. The summed E-state index contributed by atoms with van der Waals surface area (Å²) >= 11 is 5.57. The molecule has 0 aliphatic heterocycles. The number of fused-ring (bicyclic) bond motifs is 1. The van der Waals surface area contributed by atoms with E-state index >= 15 is 0 Å². The highest BCUT2D eigenvalue weighted by Crippen LogP contribution is 2.37. The number of methoxy groups -OCH3 is 2. The lowest BCUT2D eigenvalue weighted by molar-refractivity contribution is -0.384. The minimum atomic E-state index is -1.12. The maximum Gasteiger partial charge on any atom is 0.330 e. The van der Waals surface area contributed by atoms with Gasteiger partial charge in [0.2, 0.25) is 0 Å². The third-order valence-corrected chi connectivity index (χ3v) is 9.94. The maximum absolute atomic E-state index is 11.1. The number of nitrogens with zero attached hydrogens (tertiary/aromatic N) is 2. The molecule has 0 saturated heterocycles. The first-order chi connectivity index (χ1) is 27.9. The zero-order valence-corrected chi connectivity index (χ0v) is 33.7. The number of hydrogen-bond acceptors (Lipinski definition) is 12. The summed E-state index contributed by atoms with van der Waals surface area (Å²) < 4.78 is 9.03. The number of nitro groups is 1. The Morgan fingerprint density at radius 2 is 1.31 bits per heavy atom. The SMILES string of the molecule is CC1(C(=O)O)CCCC1.COC(=O)/C=C/c1ccc(N)c(N)c1.COC(=O)/C=C/c1ccc2nc(C3(N)CCCC3)[nH]c2c1.O=C(O)/C=C/c1ccc(Cl)c([N+](=O)[O-])c1. The van der Waals surface area contributed by atoms with E-state index in [4.69, 9.17) is 39.0 Å². The number of hydrogen-bond donors (Lipinski definition) is 6. The average molecular weight is 833 g/mol. The van der Waals surface area contributed by atoms with Gasteiger partial charge in [-0.15, -0.1) is 0 Å². The molecule has 0 bridgehead atoms. The number of nitrogen functional groups attached to an aromatic ring is 2. The van der Waals surface area contributed by atoms with E-state index in [9.17, 15) is 29.3 Å².